The maximum absolute atomic E-state index is 6.08. The van der Waals surface area contributed by atoms with E-state index < -0.39 is 0 Å². The van der Waals surface area contributed by atoms with E-state index in [9.17, 15) is 0 Å². The van der Waals surface area contributed by atoms with E-state index >= 15 is 0 Å². The lowest BCUT2D eigenvalue weighted by atomic mass is 9.85. The van der Waals surface area contributed by atoms with Crippen LogP contribution in [-0.4, -0.2) is 31.6 Å². The molecule has 0 amide bonds. The topological polar surface area (TPSA) is 15.3 Å². The highest BCUT2D eigenvalue weighted by molar-refractivity contribution is 6.33. The minimum atomic E-state index is 0.800. The molecule has 0 saturated heterocycles. The third-order valence-electron chi connectivity index (χ3n) is 3.48. The molecule has 0 unspecified atom stereocenters. The van der Waals surface area contributed by atoms with E-state index in [2.05, 4.69) is 17.3 Å². The van der Waals surface area contributed by atoms with Crippen molar-refractivity contribution in [2.45, 2.75) is 19.3 Å². The van der Waals surface area contributed by atoms with Crippen molar-refractivity contribution in [2.24, 2.45) is 5.92 Å². The highest BCUT2D eigenvalue weighted by Crippen LogP contribution is 2.26. The van der Waals surface area contributed by atoms with Crippen LogP contribution in [0.1, 0.15) is 19.3 Å². The van der Waals surface area contributed by atoms with Gasteiger partial charge in [0, 0.05) is 19.6 Å². The molecule has 1 aromatic carbocycles. The Balaban J connectivity index is 1.66. The molecule has 0 spiro atoms. The zero-order chi connectivity index (χ0) is 12.1. The molecular weight excluding hydrogens is 232 g/mol. The van der Waals surface area contributed by atoms with Gasteiger partial charge in [0.2, 0.25) is 0 Å². The Morgan fingerprint density at radius 2 is 2.12 bits per heavy atom. The molecule has 1 saturated carbocycles. The maximum Gasteiger partial charge on any atom is 0.0637 e. The Labute approximate surface area is 109 Å². The second kappa shape index (κ2) is 6.27. The zero-order valence-electron chi connectivity index (χ0n) is 10.5. The van der Waals surface area contributed by atoms with Crippen molar-refractivity contribution in [2.75, 3.05) is 32.0 Å². The minimum Gasteiger partial charge on any atom is -0.383 e. The maximum atomic E-state index is 6.08. The van der Waals surface area contributed by atoms with E-state index in [1.54, 1.807) is 0 Å². The number of likely N-dealkylation sites (N-methyl/N-ethyl adjacent to an activating group) is 1. The van der Waals surface area contributed by atoms with Gasteiger partial charge in [0.25, 0.3) is 0 Å². The second-order valence-corrected chi connectivity index (χ2v) is 5.37. The van der Waals surface area contributed by atoms with Gasteiger partial charge >= 0.3 is 0 Å². The molecule has 94 valence electrons. The lowest BCUT2D eigenvalue weighted by Crippen LogP contribution is -2.32. The fourth-order valence-corrected chi connectivity index (χ4v) is 2.40. The summed E-state index contributed by atoms with van der Waals surface area (Å²) in [4.78, 5) is 2.41. The summed E-state index contributed by atoms with van der Waals surface area (Å²) in [6.07, 6.45) is 4.26. The Bertz CT molecular complexity index is 350. The van der Waals surface area contributed by atoms with Crippen molar-refractivity contribution in [1.82, 2.24) is 4.90 Å². The van der Waals surface area contributed by atoms with Crippen LogP contribution in [0.25, 0.3) is 0 Å². The van der Waals surface area contributed by atoms with Crippen molar-refractivity contribution in [1.29, 1.82) is 0 Å². The van der Waals surface area contributed by atoms with Gasteiger partial charge in [-0.1, -0.05) is 30.2 Å². The van der Waals surface area contributed by atoms with Crippen LogP contribution in [0, 0.1) is 5.92 Å². The second-order valence-electron chi connectivity index (χ2n) is 4.97. The van der Waals surface area contributed by atoms with Crippen LogP contribution in [0.4, 0.5) is 5.69 Å². The lowest BCUT2D eigenvalue weighted by Gasteiger charge is -2.30. The summed E-state index contributed by atoms with van der Waals surface area (Å²) in [6.45, 7) is 3.26. The first-order valence-corrected chi connectivity index (χ1v) is 6.80. The van der Waals surface area contributed by atoms with Crippen LogP contribution in [0.2, 0.25) is 5.02 Å². The molecule has 0 heterocycles. The summed E-state index contributed by atoms with van der Waals surface area (Å²) in [6, 6.07) is 7.90. The van der Waals surface area contributed by atoms with E-state index in [0.29, 0.717) is 0 Å². The first kappa shape index (κ1) is 12.7. The molecule has 0 radical (unpaired) electrons. The van der Waals surface area contributed by atoms with Gasteiger partial charge < -0.3 is 10.2 Å². The molecule has 1 aliphatic carbocycles. The molecule has 1 aromatic rings. The summed E-state index contributed by atoms with van der Waals surface area (Å²) >= 11 is 6.08. The van der Waals surface area contributed by atoms with E-state index in [1.807, 2.05) is 24.3 Å². The number of nitrogens with zero attached hydrogens (tertiary/aromatic N) is 1. The third-order valence-corrected chi connectivity index (χ3v) is 3.81. The summed E-state index contributed by atoms with van der Waals surface area (Å²) in [5.41, 5.74) is 1.03. The molecule has 2 rings (SSSR count). The number of para-hydroxylation sites is 1. The normalized spacial score (nSPS) is 15.9. The Morgan fingerprint density at radius 1 is 1.35 bits per heavy atom. The highest BCUT2D eigenvalue weighted by atomic mass is 35.5. The van der Waals surface area contributed by atoms with Gasteiger partial charge in [0.15, 0.2) is 0 Å². The zero-order valence-corrected chi connectivity index (χ0v) is 11.2. The number of anilines is 1. The monoisotopic (exact) mass is 252 g/mol. The van der Waals surface area contributed by atoms with Gasteiger partial charge in [0.05, 0.1) is 10.7 Å². The van der Waals surface area contributed by atoms with E-state index in [1.165, 1.54) is 25.8 Å². The van der Waals surface area contributed by atoms with Crippen LogP contribution in [0.5, 0.6) is 0 Å². The first-order chi connectivity index (χ1) is 8.25. The molecular formula is C14H21ClN2. The minimum absolute atomic E-state index is 0.800. The molecule has 1 fully saturated rings. The van der Waals surface area contributed by atoms with Gasteiger partial charge in [-0.15, -0.1) is 0 Å². The van der Waals surface area contributed by atoms with Crippen molar-refractivity contribution in [3.05, 3.63) is 29.3 Å². The van der Waals surface area contributed by atoms with Crippen molar-refractivity contribution in [3.63, 3.8) is 0 Å². The number of nitrogens with one attached hydrogen (secondary N) is 1. The van der Waals surface area contributed by atoms with Crippen molar-refractivity contribution >= 4 is 17.3 Å². The summed E-state index contributed by atoms with van der Waals surface area (Å²) < 4.78 is 0. The molecule has 0 aromatic heterocycles. The van der Waals surface area contributed by atoms with Gasteiger partial charge in [-0.25, -0.2) is 0 Å². The van der Waals surface area contributed by atoms with Crippen LogP contribution < -0.4 is 5.32 Å². The standard InChI is InChI=1S/C14H21ClN2/c1-17(11-12-5-4-6-12)10-9-16-14-8-3-2-7-13(14)15/h2-3,7-8,12,16H,4-6,9-11H2,1H3. The molecule has 1 N–H and O–H groups in total. The largest absolute Gasteiger partial charge is 0.383 e. The number of rotatable bonds is 6. The molecule has 0 bridgehead atoms. The molecule has 0 aliphatic heterocycles. The number of halogens is 1. The van der Waals surface area contributed by atoms with Crippen LogP contribution >= 0.6 is 11.6 Å². The predicted molar refractivity (Wildman–Crippen MR) is 74.8 cm³/mol. The summed E-state index contributed by atoms with van der Waals surface area (Å²) in [7, 11) is 2.20. The average molecular weight is 253 g/mol. The Kier molecular flexibility index (Phi) is 4.69. The first-order valence-electron chi connectivity index (χ1n) is 6.42. The van der Waals surface area contributed by atoms with Gasteiger partial charge in [-0.2, -0.15) is 0 Å². The number of hydrogen-bond acceptors (Lipinski definition) is 2. The summed E-state index contributed by atoms with van der Waals surface area (Å²) in [5, 5.41) is 4.18. The molecule has 1 aliphatic rings. The molecule has 17 heavy (non-hydrogen) atoms. The Morgan fingerprint density at radius 3 is 2.76 bits per heavy atom. The van der Waals surface area contributed by atoms with Crippen LogP contribution in [0.3, 0.4) is 0 Å². The third kappa shape index (κ3) is 3.90. The van der Waals surface area contributed by atoms with E-state index in [-0.39, 0.29) is 0 Å². The SMILES string of the molecule is CN(CCNc1ccccc1Cl)CC1CCC1. The van der Waals surface area contributed by atoms with Crippen molar-refractivity contribution in [3.8, 4) is 0 Å². The molecule has 0 atom stereocenters. The van der Waals surface area contributed by atoms with E-state index in [4.69, 9.17) is 11.6 Å². The predicted octanol–water partition coefficient (Wildman–Crippen LogP) is 3.48. The van der Waals surface area contributed by atoms with Crippen molar-refractivity contribution < 1.29 is 0 Å². The smallest absolute Gasteiger partial charge is 0.0637 e. The number of benzene rings is 1. The van der Waals surface area contributed by atoms with Gasteiger partial charge in [0.1, 0.15) is 0 Å². The fourth-order valence-electron chi connectivity index (χ4n) is 2.19. The fraction of sp³-hybridized carbons (Fsp3) is 0.571. The quantitative estimate of drug-likeness (QED) is 0.834. The molecule has 2 nitrogen and oxygen atoms in total. The van der Waals surface area contributed by atoms with E-state index in [0.717, 1.165) is 29.7 Å². The van der Waals surface area contributed by atoms with Crippen LogP contribution in [-0.2, 0) is 0 Å². The lowest BCUT2D eigenvalue weighted by molar-refractivity contribution is 0.210. The number of hydrogen-bond donors (Lipinski definition) is 1. The summed E-state index contributed by atoms with van der Waals surface area (Å²) in [5.74, 6) is 0.945. The Hall–Kier alpha value is -0.730. The average Bonchev–Trinajstić information content (AvgIpc) is 2.26. The highest BCUT2D eigenvalue weighted by Gasteiger charge is 2.18. The van der Waals surface area contributed by atoms with Gasteiger partial charge in [-0.05, 0) is 37.9 Å². The van der Waals surface area contributed by atoms with Gasteiger partial charge in [-0.3, -0.25) is 0 Å². The molecule has 3 heteroatoms. The van der Waals surface area contributed by atoms with Crippen LogP contribution in [0.15, 0.2) is 24.3 Å².